The molecule has 0 radical (unpaired) electrons. The first-order valence-corrected chi connectivity index (χ1v) is 10.9. The summed E-state index contributed by atoms with van der Waals surface area (Å²) in [6.45, 7) is 6.83. The highest BCUT2D eigenvalue weighted by atomic mass is 32.2. The number of nitrogens with zero attached hydrogens (tertiary/aromatic N) is 3. The van der Waals surface area contributed by atoms with Crippen molar-refractivity contribution in [2.75, 3.05) is 6.54 Å². The molecule has 0 spiro atoms. The van der Waals surface area contributed by atoms with Crippen molar-refractivity contribution in [1.29, 1.82) is 0 Å². The number of benzene rings is 1. The molecule has 0 fully saturated rings. The van der Waals surface area contributed by atoms with E-state index in [-0.39, 0.29) is 17.0 Å². The summed E-state index contributed by atoms with van der Waals surface area (Å²) < 4.78 is 15.1. The molecule has 1 heterocycles. The Morgan fingerprint density at radius 2 is 2.14 bits per heavy atom. The lowest BCUT2D eigenvalue weighted by molar-refractivity contribution is -0.120. The number of amides is 1. The summed E-state index contributed by atoms with van der Waals surface area (Å²) in [4.78, 5) is 12.5. The van der Waals surface area contributed by atoms with Crippen LogP contribution in [-0.4, -0.2) is 32.5 Å². The second kappa shape index (κ2) is 10.4. The van der Waals surface area contributed by atoms with Crippen LogP contribution < -0.4 is 5.32 Å². The molecule has 1 N–H and O–H groups in total. The number of halogens is 1. The summed E-state index contributed by atoms with van der Waals surface area (Å²) in [5.74, 6) is 0.319. The molecule has 1 aliphatic rings. The molecular weight excluding hydrogens is 387 g/mol. The third-order valence-corrected chi connectivity index (χ3v) is 5.99. The van der Waals surface area contributed by atoms with Crippen LogP contribution in [0.2, 0.25) is 0 Å². The number of aromatic nitrogens is 3. The number of allylic oxidation sites excluding steroid dienone is 2. The van der Waals surface area contributed by atoms with Crippen LogP contribution in [0.4, 0.5) is 4.39 Å². The van der Waals surface area contributed by atoms with E-state index in [1.165, 1.54) is 42.3 Å². The van der Waals surface area contributed by atoms with E-state index in [4.69, 9.17) is 0 Å². The molecule has 1 amide bonds. The predicted molar refractivity (Wildman–Crippen MR) is 115 cm³/mol. The number of hydrogen-bond donors (Lipinski definition) is 1. The molecule has 154 valence electrons. The monoisotopic (exact) mass is 414 g/mol. The van der Waals surface area contributed by atoms with Crippen LogP contribution >= 0.6 is 11.8 Å². The maximum Gasteiger partial charge on any atom is 0.233 e. The molecule has 1 aromatic heterocycles. The number of rotatable bonds is 9. The zero-order valence-electron chi connectivity index (χ0n) is 16.7. The van der Waals surface area contributed by atoms with Crippen LogP contribution in [-0.2, 0) is 11.3 Å². The molecule has 0 bridgehead atoms. The normalized spacial score (nSPS) is 14.9. The molecule has 3 rings (SSSR count). The largest absolute Gasteiger partial charge is 0.355 e. The zero-order chi connectivity index (χ0) is 20.6. The van der Waals surface area contributed by atoms with Crippen LogP contribution in [0.5, 0.6) is 0 Å². The van der Waals surface area contributed by atoms with Gasteiger partial charge >= 0.3 is 0 Å². The van der Waals surface area contributed by atoms with Crippen LogP contribution in [0.3, 0.4) is 0 Å². The molecule has 1 aliphatic carbocycles. The summed E-state index contributed by atoms with van der Waals surface area (Å²) >= 11 is 1.36. The van der Waals surface area contributed by atoms with Crippen molar-refractivity contribution in [3.8, 4) is 11.4 Å². The molecule has 1 aromatic carbocycles. The van der Waals surface area contributed by atoms with Gasteiger partial charge < -0.3 is 5.32 Å². The fraction of sp³-hybridized carbons (Fsp3) is 0.409. The van der Waals surface area contributed by atoms with Crippen molar-refractivity contribution in [3.05, 3.63) is 54.4 Å². The molecule has 0 saturated heterocycles. The lowest BCUT2D eigenvalue weighted by atomic mass is 9.97. The van der Waals surface area contributed by atoms with Gasteiger partial charge in [-0.05, 0) is 63.3 Å². The Morgan fingerprint density at radius 3 is 2.83 bits per heavy atom. The Balaban J connectivity index is 1.62. The van der Waals surface area contributed by atoms with Gasteiger partial charge in [0, 0.05) is 18.7 Å². The number of carbonyl (C=O) groups excluding carboxylic acids is 1. The van der Waals surface area contributed by atoms with Gasteiger partial charge in [-0.2, -0.15) is 0 Å². The topological polar surface area (TPSA) is 59.8 Å². The van der Waals surface area contributed by atoms with Gasteiger partial charge in [-0.15, -0.1) is 16.8 Å². The highest BCUT2D eigenvalue weighted by Gasteiger charge is 2.20. The van der Waals surface area contributed by atoms with E-state index in [2.05, 4.69) is 28.2 Å². The quantitative estimate of drug-likeness (QED) is 0.475. The van der Waals surface area contributed by atoms with Crippen molar-refractivity contribution in [2.24, 2.45) is 0 Å². The second-order valence-electron chi connectivity index (χ2n) is 7.12. The Kier molecular flexibility index (Phi) is 7.63. The second-order valence-corrected chi connectivity index (χ2v) is 8.43. The maximum absolute atomic E-state index is 13.2. The van der Waals surface area contributed by atoms with Gasteiger partial charge in [0.05, 0.1) is 5.25 Å². The van der Waals surface area contributed by atoms with Crippen LogP contribution in [0.1, 0.15) is 39.0 Å². The highest BCUT2D eigenvalue weighted by molar-refractivity contribution is 8.00. The molecule has 29 heavy (non-hydrogen) atoms. The van der Waals surface area contributed by atoms with Crippen LogP contribution in [0, 0.1) is 5.82 Å². The summed E-state index contributed by atoms with van der Waals surface area (Å²) in [6.07, 6.45) is 9.81. The molecule has 7 heteroatoms. The lowest BCUT2D eigenvalue weighted by Crippen LogP contribution is -2.32. The van der Waals surface area contributed by atoms with Crippen molar-refractivity contribution >= 4 is 17.7 Å². The summed E-state index contributed by atoms with van der Waals surface area (Å²) in [7, 11) is 0. The average molecular weight is 415 g/mol. The van der Waals surface area contributed by atoms with E-state index >= 15 is 0 Å². The van der Waals surface area contributed by atoms with Gasteiger partial charge in [0.1, 0.15) is 5.82 Å². The fourth-order valence-corrected chi connectivity index (χ4v) is 4.20. The molecular formula is C22H27FN4OS. The van der Waals surface area contributed by atoms with E-state index in [1.54, 1.807) is 18.2 Å². The van der Waals surface area contributed by atoms with Crippen molar-refractivity contribution < 1.29 is 9.18 Å². The fourth-order valence-electron chi connectivity index (χ4n) is 3.32. The first-order chi connectivity index (χ1) is 14.1. The summed E-state index contributed by atoms with van der Waals surface area (Å²) in [5.41, 5.74) is 2.22. The third kappa shape index (κ3) is 5.79. The minimum atomic E-state index is -0.302. The van der Waals surface area contributed by atoms with E-state index in [9.17, 15) is 9.18 Å². The van der Waals surface area contributed by atoms with Crippen molar-refractivity contribution in [3.63, 3.8) is 0 Å². The minimum Gasteiger partial charge on any atom is -0.355 e. The van der Waals surface area contributed by atoms with Gasteiger partial charge in [0.15, 0.2) is 11.0 Å². The molecule has 2 aromatic rings. The average Bonchev–Trinajstić information content (AvgIpc) is 3.12. The maximum atomic E-state index is 13.2. The van der Waals surface area contributed by atoms with E-state index < -0.39 is 0 Å². The molecule has 5 nitrogen and oxygen atoms in total. The van der Waals surface area contributed by atoms with Gasteiger partial charge in [0.25, 0.3) is 0 Å². The Hall–Kier alpha value is -2.41. The van der Waals surface area contributed by atoms with Gasteiger partial charge in [-0.25, -0.2) is 4.39 Å². The third-order valence-electron chi connectivity index (χ3n) is 4.91. The van der Waals surface area contributed by atoms with Crippen LogP contribution in [0.25, 0.3) is 11.4 Å². The highest BCUT2D eigenvalue weighted by Crippen LogP contribution is 2.27. The predicted octanol–water partition coefficient (Wildman–Crippen LogP) is 4.76. The molecule has 0 saturated carbocycles. The zero-order valence-corrected chi connectivity index (χ0v) is 17.6. The lowest BCUT2D eigenvalue weighted by Gasteiger charge is -2.15. The van der Waals surface area contributed by atoms with Gasteiger partial charge in [0.2, 0.25) is 5.91 Å². The SMILES string of the molecule is C=CCn1c(S[C@@H](C)C(=O)NCCC2=CCCCC2)nnc1-c1ccc(F)cc1. The van der Waals surface area contributed by atoms with Gasteiger partial charge in [-0.1, -0.05) is 29.5 Å². The Morgan fingerprint density at radius 1 is 1.34 bits per heavy atom. The Bertz CT molecular complexity index is 875. The summed E-state index contributed by atoms with van der Waals surface area (Å²) in [6, 6.07) is 6.13. The molecule has 0 aliphatic heterocycles. The first kappa shape index (κ1) is 21.3. The summed E-state index contributed by atoms with van der Waals surface area (Å²) in [5, 5.41) is 11.9. The number of hydrogen-bond acceptors (Lipinski definition) is 4. The van der Waals surface area contributed by atoms with Crippen molar-refractivity contribution in [1.82, 2.24) is 20.1 Å². The molecule has 0 unspecified atom stereocenters. The van der Waals surface area contributed by atoms with Crippen molar-refractivity contribution in [2.45, 2.75) is 56.0 Å². The number of carbonyl (C=O) groups is 1. The number of nitrogens with one attached hydrogen (secondary N) is 1. The Labute approximate surface area is 175 Å². The smallest absolute Gasteiger partial charge is 0.233 e. The van der Waals surface area contributed by atoms with Gasteiger partial charge in [-0.3, -0.25) is 9.36 Å². The standard InChI is InChI=1S/C22H27FN4OS/c1-3-15-27-20(18-9-11-19(23)12-10-18)25-26-22(27)29-16(2)21(28)24-14-13-17-7-5-4-6-8-17/h3,7,9-12,16H,1,4-6,8,13-15H2,2H3,(H,24,28)/t16-/m0/s1. The van der Waals surface area contributed by atoms with E-state index in [1.807, 2.05) is 11.5 Å². The molecule has 1 atom stereocenters. The number of thioether (sulfide) groups is 1. The van der Waals surface area contributed by atoms with Crippen LogP contribution in [0.15, 0.2) is 53.7 Å². The van der Waals surface area contributed by atoms with E-state index in [0.717, 1.165) is 24.8 Å². The minimum absolute atomic E-state index is 0.0112. The first-order valence-electron chi connectivity index (χ1n) is 10.0. The van der Waals surface area contributed by atoms with E-state index in [0.29, 0.717) is 24.1 Å².